The monoisotopic (exact) mass is 436 g/mol. The molecule has 0 heterocycles. The van der Waals surface area contributed by atoms with E-state index in [1.807, 2.05) is 6.92 Å². The zero-order valence-corrected chi connectivity index (χ0v) is 18.7. The standard InChI is InChI=1S/C24H24N2O4S/c1-16-8-12-22(13-9-16)31(29,30)26(4)23-15-20(11-10-17(23)2)24(28)25-21-7-5-6-19(14-21)18(3)27/h5-15H,1-4H3,(H,25,28). The molecule has 0 aliphatic carbocycles. The number of hydrogen-bond donors (Lipinski definition) is 1. The van der Waals surface area contributed by atoms with Crippen LogP contribution >= 0.6 is 0 Å². The Morgan fingerprint density at radius 1 is 0.871 bits per heavy atom. The maximum Gasteiger partial charge on any atom is 0.264 e. The number of carbonyl (C=O) groups is 2. The Balaban J connectivity index is 1.90. The van der Waals surface area contributed by atoms with Crippen LogP contribution in [-0.2, 0) is 10.0 Å². The highest BCUT2D eigenvalue weighted by Gasteiger charge is 2.23. The summed E-state index contributed by atoms with van der Waals surface area (Å²) in [7, 11) is -2.32. The molecule has 6 nitrogen and oxygen atoms in total. The first kappa shape index (κ1) is 22.2. The zero-order valence-electron chi connectivity index (χ0n) is 17.8. The van der Waals surface area contributed by atoms with Crippen LogP contribution in [0.2, 0.25) is 0 Å². The number of ketones is 1. The Morgan fingerprint density at radius 2 is 1.55 bits per heavy atom. The maximum atomic E-state index is 13.1. The molecule has 31 heavy (non-hydrogen) atoms. The van der Waals surface area contributed by atoms with Crippen molar-refractivity contribution in [3.8, 4) is 0 Å². The number of benzene rings is 3. The van der Waals surface area contributed by atoms with Gasteiger partial charge in [-0.2, -0.15) is 0 Å². The minimum atomic E-state index is -3.78. The van der Waals surface area contributed by atoms with Crippen molar-refractivity contribution in [3.05, 3.63) is 89.0 Å². The highest BCUT2D eigenvalue weighted by molar-refractivity contribution is 7.92. The second-order valence-electron chi connectivity index (χ2n) is 7.38. The summed E-state index contributed by atoms with van der Waals surface area (Å²) in [5.74, 6) is -0.500. The molecule has 3 aromatic rings. The summed E-state index contributed by atoms with van der Waals surface area (Å²) in [4.78, 5) is 24.5. The van der Waals surface area contributed by atoms with Gasteiger partial charge in [0.15, 0.2) is 5.78 Å². The third-order valence-corrected chi connectivity index (χ3v) is 6.80. The Kier molecular flexibility index (Phi) is 6.27. The summed E-state index contributed by atoms with van der Waals surface area (Å²) in [5.41, 5.74) is 3.37. The smallest absolute Gasteiger partial charge is 0.264 e. The number of sulfonamides is 1. The van der Waals surface area contributed by atoms with Gasteiger partial charge < -0.3 is 5.32 Å². The van der Waals surface area contributed by atoms with E-state index in [2.05, 4.69) is 5.32 Å². The summed E-state index contributed by atoms with van der Waals surface area (Å²) in [6, 6.07) is 18.2. The summed E-state index contributed by atoms with van der Waals surface area (Å²) in [6.07, 6.45) is 0. The molecule has 0 spiro atoms. The highest BCUT2D eigenvalue weighted by atomic mass is 32.2. The van der Waals surface area contributed by atoms with Crippen molar-refractivity contribution in [2.24, 2.45) is 0 Å². The van der Waals surface area contributed by atoms with Crippen LogP contribution < -0.4 is 9.62 Å². The van der Waals surface area contributed by atoms with Crippen molar-refractivity contribution in [2.75, 3.05) is 16.7 Å². The lowest BCUT2D eigenvalue weighted by Crippen LogP contribution is -2.27. The predicted octanol–water partition coefficient (Wildman–Crippen LogP) is 4.58. The first-order valence-electron chi connectivity index (χ1n) is 9.68. The van der Waals surface area contributed by atoms with E-state index >= 15 is 0 Å². The Hall–Kier alpha value is -3.45. The summed E-state index contributed by atoms with van der Waals surface area (Å²) in [6.45, 7) is 5.13. The second-order valence-corrected chi connectivity index (χ2v) is 9.35. The summed E-state index contributed by atoms with van der Waals surface area (Å²) >= 11 is 0. The van der Waals surface area contributed by atoms with Crippen molar-refractivity contribution in [1.82, 2.24) is 0 Å². The Bertz CT molecular complexity index is 1250. The number of amides is 1. The molecule has 3 rings (SSSR count). The molecule has 0 radical (unpaired) electrons. The average Bonchev–Trinajstić information content (AvgIpc) is 2.74. The highest BCUT2D eigenvalue weighted by Crippen LogP contribution is 2.27. The fraction of sp³-hybridized carbons (Fsp3) is 0.167. The van der Waals surface area contributed by atoms with Gasteiger partial charge in [-0.25, -0.2) is 8.42 Å². The van der Waals surface area contributed by atoms with Crippen LogP contribution in [-0.4, -0.2) is 27.2 Å². The third kappa shape index (κ3) is 4.83. The molecule has 0 atom stereocenters. The van der Waals surface area contributed by atoms with E-state index in [1.165, 1.54) is 18.3 Å². The number of anilines is 2. The molecule has 3 aromatic carbocycles. The van der Waals surface area contributed by atoms with Crippen LogP contribution in [0.4, 0.5) is 11.4 Å². The lowest BCUT2D eigenvalue weighted by Gasteiger charge is -2.22. The topological polar surface area (TPSA) is 83.6 Å². The van der Waals surface area contributed by atoms with E-state index in [0.29, 0.717) is 28.1 Å². The van der Waals surface area contributed by atoms with Gasteiger partial charge in [-0.3, -0.25) is 13.9 Å². The van der Waals surface area contributed by atoms with Gasteiger partial charge in [0, 0.05) is 23.9 Å². The molecule has 1 N–H and O–H groups in total. The van der Waals surface area contributed by atoms with E-state index < -0.39 is 15.9 Å². The maximum absolute atomic E-state index is 13.1. The van der Waals surface area contributed by atoms with Crippen LogP contribution in [0.15, 0.2) is 71.6 Å². The summed E-state index contributed by atoms with van der Waals surface area (Å²) in [5, 5.41) is 2.76. The van der Waals surface area contributed by atoms with Crippen molar-refractivity contribution < 1.29 is 18.0 Å². The lowest BCUT2D eigenvalue weighted by atomic mass is 10.1. The minimum Gasteiger partial charge on any atom is -0.322 e. The molecular weight excluding hydrogens is 412 g/mol. The number of carbonyl (C=O) groups excluding carboxylic acids is 2. The van der Waals surface area contributed by atoms with Gasteiger partial charge in [0.2, 0.25) is 0 Å². The SMILES string of the molecule is CC(=O)c1cccc(NC(=O)c2ccc(C)c(N(C)S(=O)(=O)c3ccc(C)cc3)c2)c1. The van der Waals surface area contributed by atoms with Crippen LogP contribution in [0.25, 0.3) is 0 Å². The van der Waals surface area contributed by atoms with E-state index in [0.717, 1.165) is 5.56 Å². The van der Waals surface area contributed by atoms with Gasteiger partial charge in [0.25, 0.3) is 15.9 Å². The molecule has 1 amide bonds. The van der Waals surface area contributed by atoms with Crippen LogP contribution in [0.3, 0.4) is 0 Å². The molecule has 0 saturated heterocycles. The molecule has 0 fully saturated rings. The van der Waals surface area contributed by atoms with Gasteiger partial charge in [-0.05, 0) is 62.7 Å². The molecular formula is C24H24N2O4S. The Labute approximate surface area is 182 Å². The third-order valence-electron chi connectivity index (χ3n) is 5.02. The first-order valence-corrected chi connectivity index (χ1v) is 11.1. The average molecular weight is 437 g/mol. The fourth-order valence-electron chi connectivity index (χ4n) is 3.11. The molecule has 0 unspecified atom stereocenters. The number of rotatable bonds is 6. The van der Waals surface area contributed by atoms with Crippen LogP contribution in [0.5, 0.6) is 0 Å². The lowest BCUT2D eigenvalue weighted by molar-refractivity contribution is 0.101. The van der Waals surface area contributed by atoms with Gasteiger partial charge in [0.05, 0.1) is 10.6 Å². The van der Waals surface area contributed by atoms with E-state index in [-0.39, 0.29) is 10.7 Å². The molecule has 0 aliphatic rings. The van der Waals surface area contributed by atoms with Gasteiger partial charge in [0.1, 0.15) is 0 Å². The number of nitrogens with one attached hydrogen (secondary N) is 1. The number of aryl methyl sites for hydroxylation is 2. The minimum absolute atomic E-state index is 0.100. The number of Topliss-reactive ketones (excluding diaryl/α,β-unsaturated/α-hetero) is 1. The van der Waals surface area contributed by atoms with Crippen molar-refractivity contribution >= 4 is 33.1 Å². The van der Waals surface area contributed by atoms with Gasteiger partial charge in [-0.15, -0.1) is 0 Å². The van der Waals surface area contributed by atoms with Gasteiger partial charge >= 0.3 is 0 Å². The fourth-order valence-corrected chi connectivity index (χ4v) is 4.36. The first-order chi connectivity index (χ1) is 14.6. The molecule has 7 heteroatoms. The molecule has 160 valence electrons. The van der Waals surface area contributed by atoms with Crippen molar-refractivity contribution in [2.45, 2.75) is 25.7 Å². The zero-order chi connectivity index (χ0) is 22.8. The molecule has 0 bridgehead atoms. The van der Waals surface area contributed by atoms with Crippen molar-refractivity contribution in [1.29, 1.82) is 0 Å². The van der Waals surface area contributed by atoms with Crippen LogP contribution in [0.1, 0.15) is 38.8 Å². The Morgan fingerprint density at radius 3 is 2.19 bits per heavy atom. The molecule has 0 aliphatic heterocycles. The second kappa shape index (κ2) is 8.73. The molecule has 0 saturated carbocycles. The quantitative estimate of drug-likeness (QED) is 0.573. The van der Waals surface area contributed by atoms with Crippen LogP contribution in [0, 0.1) is 13.8 Å². The van der Waals surface area contributed by atoms with Gasteiger partial charge in [-0.1, -0.05) is 35.9 Å². The van der Waals surface area contributed by atoms with E-state index in [4.69, 9.17) is 0 Å². The number of hydrogen-bond acceptors (Lipinski definition) is 4. The van der Waals surface area contributed by atoms with E-state index in [1.54, 1.807) is 73.7 Å². The molecule has 0 aromatic heterocycles. The predicted molar refractivity (Wildman–Crippen MR) is 122 cm³/mol. The van der Waals surface area contributed by atoms with Crippen molar-refractivity contribution in [3.63, 3.8) is 0 Å². The largest absolute Gasteiger partial charge is 0.322 e. The normalized spacial score (nSPS) is 11.1. The summed E-state index contributed by atoms with van der Waals surface area (Å²) < 4.78 is 27.3. The van der Waals surface area contributed by atoms with E-state index in [9.17, 15) is 18.0 Å². The number of nitrogens with zero attached hydrogens (tertiary/aromatic N) is 1.